The molecule has 1 aromatic heterocycles. The number of nitrogens with zero attached hydrogens (tertiary/aromatic N) is 1. The topological polar surface area (TPSA) is 56.3 Å². The summed E-state index contributed by atoms with van der Waals surface area (Å²) in [5, 5.41) is 0. The molecule has 70 valence electrons. The van der Waals surface area contributed by atoms with E-state index in [9.17, 15) is 9.59 Å². The highest BCUT2D eigenvalue weighted by molar-refractivity contribution is 7.11. The van der Waals surface area contributed by atoms with Gasteiger partial charge in [-0.15, -0.1) is 11.3 Å². The molecule has 0 spiro atoms. The van der Waals surface area contributed by atoms with Gasteiger partial charge in [-0.2, -0.15) is 0 Å². The fourth-order valence-corrected chi connectivity index (χ4v) is 1.39. The number of thiazole rings is 1. The summed E-state index contributed by atoms with van der Waals surface area (Å²) in [5.74, 6) is -0.398. The first kappa shape index (κ1) is 10.0. The van der Waals surface area contributed by atoms with Crippen LogP contribution in [0.1, 0.15) is 16.1 Å². The molecule has 0 bridgehead atoms. The third kappa shape index (κ3) is 3.04. The second kappa shape index (κ2) is 4.84. The van der Waals surface area contributed by atoms with E-state index in [1.807, 2.05) is 0 Å². The van der Waals surface area contributed by atoms with E-state index < -0.39 is 0 Å². The predicted octanol–water partition coefficient (Wildman–Crippen LogP) is 0.931. The van der Waals surface area contributed by atoms with Crippen LogP contribution >= 0.6 is 11.3 Å². The van der Waals surface area contributed by atoms with Gasteiger partial charge in [0.15, 0.2) is 11.6 Å². The number of aromatic nitrogens is 1. The first-order valence-corrected chi connectivity index (χ1v) is 4.54. The van der Waals surface area contributed by atoms with E-state index >= 15 is 0 Å². The van der Waals surface area contributed by atoms with E-state index in [1.165, 1.54) is 24.6 Å². The Morgan fingerprint density at radius 2 is 2.38 bits per heavy atom. The van der Waals surface area contributed by atoms with Crippen molar-refractivity contribution < 1.29 is 14.3 Å². The highest BCUT2D eigenvalue weighted by Gasteiger charge is 2.12. The molecule has 0 saturated carbocycles. The number of methoxy groups -OCH3 is 1. The summed E-state index contributed by atoms with van der Waals surface area (Å²) >= 11 is 1.24. The third-order valence-electron chi connectivity index (χ3n) is 1.37. The Balaban J connectivity index is 2.47. The van der Waals surface area contributed by atoms with E-state index in [4.69, 9.17) is 0 Å². The van der Waals surface area contributed by atoms with Crippen molar-refractivity contribution in [1.82, 2.24) is 4.98 Å². The third-order valence-corrected chi connectivity index (χ3v) is 2.18. The highest BCUT2D eigenvalue weighted by atomic mass is 32.1. The van der Waals surface area contributed by atoms with Gasteiger partial charge in [-0.3, -0.25) is 14.6 Å². The van der Waals surface area contributed by atoms with Gasteiger partial charge in [0.05, 0.1) is 16.8 Å². The molecule has 13 heavy (non-hydrogen) atoms. The molecule has 0 aliphatic carbocycles. The van der Waals surface area contributed by atoms with E-state index in [0.717, 1.165) is 0 Å². The minimum absolute atomic E-state index is 0.00938. The molecule has 0 aliphatic heterocycles. The predicted molar refractivity (Wildman–Crippen MR) is 47.9 cm³/mol. The maximum absolute atomic E-state index is 11.3. The van der Waals surface area contributed by atoms with Crippen LogP contribution in [0.5, 0.6) is 0 Å². The monoisotopic (exact) mass is 199 g/mol. The van der Waals surface area contributed by atoms with Crippen molar-refractivity contribution >= 4 is 22.9 Å². The second-order valence-electron chi connectivity index (χ2n) is 2.44. The summed E-state index contributed by atoms with van der Waals surface area (Å²) < 4.78 is 4.61. The standard InChI is InChI=1S/C8H9NO3S/c1-12-4-6(10)2-7(11)8-3-9-5-13-8/h3,5H,2,4H2,1H3. The first-order chi connectivity index (χ1) is 6.24. The fraction of sp³-hybridized carbons (Fsp3) is 0.375. The van der Waals surface area contributed by atoms with E-state index in [1.54, 1.807) is 5.51 Å². The molecule has 1 heterocycles. The van der Waals surface area contributed by atoms with Gasteiger partial charge in [0.1, 0.15) is 6.61 Å². The lowest BCUT2D eigenvalue weighted by Crippen LogP contribution is -2.12. The Morgan fingerprint density at radius 3 is 2.92 bits per heavy atom. The molecule has 0 saturated heterocycles. The van der Waals surface area contributed by atoms with Gasteiger partial charge in [0.2, 0.25) is 0 Å². The van der Waals surface area contributed by atoms with Gasteiger partial charge < -0.3 is 4.74 Å². The Hall–Kier alpha value is -1.07. The number of carbonyl (C=O) groups excluding carboxylic acids is 2. The summed E-state index contributed by atoms with van der Waals surface area (Å²) in [4.78, 5) is 26.5. The molecule has 0 aromatic carbocycles. The molecule has 0 amide bonds. The van der Waals surface area contributed by atoms with Crippen molar-refractivity contribution in [3.05, 3.63) is 16.6 Å². The zero-order chi connectivity index (χ0) is 9.68. The number of hydrogen-bond acceptors (Lipinski definition) is 5. The Bertz CT molecular complexity index is 294. The molecule has 0 fully saturated rings. The molecular weight excluding hydrogens is 190 g/mol. The van der Waals surface area contributed by atoms with Gasteiger partial charge in [-0.25, -0.2) is 0 Å². The van der Waals surface area contributed by atoms with Crippen LogP contribution in [0, 0.1) is 0 Å². The van der Waals surface area contributed by atoms with Gasteiger partial charge in [0.25, 0.3) is 0 Å². The van der Waals surface area contributed by atoms with E-state index in [0.29, 0.717) is 4.88 Å². The van der Waals surface area contributed by atoms with Crippen molar-refractivity contribution in [3.63, 3.8) is 0 Å². The number of hydrogen-bond donors (Lipinski definition) is 0. The largest absolute Gasteiger partial charge is 0.377 e. The summed E-state index contributed by atoms with van der Waals surface area (Å²) in [5.41, 5.74) is 1.56. The zero-order valence-electron chi connectivity index (χ0n) is 7.15. The van der Waals surface area contributed by atoms with Crippen molar-refractivity contribution in [2.45, 2.75) is 6.42 Å². The van der Waals surface area contributed by atoms with Crippen molar-refractivity contribution in [1.29, 1.82) is 0 Å². The van der Waals surface area contributed by atoms with Crippen molar-refractivity contribution in [3.8, 4) is 0 Å². The lowest BCUT2D eigenvalue weighted by atomic mass is 10.2. The minimum Gasteiger partial charge on any atom is -0.377 e. The number of ether oxygens (including phenoxy) is 1. The second-order valence-corrected chi connectivity index (χ2v) is 3.32. The molecule has 5 heteroatoms. The molecule has 0 unspecified atom stereocenters. The van der Waals surface area contributed by atoms with Crippen LogP contribution in [0.15, 0.2) is 11.7 Å². The summed E-state index contributed by atoms with van der Waals surface area (Å²) in [7, 11) is 1.43. The van der Waals surface area contributed by atoms with Crippen LogP contribution in [0.2, 0.25) is 0 Å². The molecule has 0 N–H and O–H groups in total. The molecule has 0 aliphatic rings. The van der Waals surface area contributed by atoms with Gasteiger partial charge in [-0.05, 0) is 0 Å². The Morgan fingerprint density at radius 1 is 1.62 bits per heavy atom. The summed E-state index contributed by atoms with van der Waals surface area (Å²) in [6.07, 6.45) is 1.36. The molecule has 0 atom stereocenters. The molecular formula is C8H9NO3S. The van der Waals surface area contributed by atoms with Gasteiger partial charge in [0, 0.05) is 13.3 Å². The van der Waals surface area contributed by atoms with Crippen LogP contribution in [0.4, 0.5) is 0 Å². The number of carbonyl (C=O) groups is 2. The summed E-state index contributed by atoms with van der Waals surface area (Å²) in [6.45, 7) is -0.00938. The minimum atomic E-state index is -0.207. The molecule has 4 nitrogen and oxygen atoms in total. The lowest BCUT2D eigenvalue weighted by molar-refractivity contribution is -0.121. The van der Waals surface area contributed by atoms with Crippen molar-refractivity contribution in [2.24, 2.45) is 0 Å². The highest BCUT2D eigenvalue weighted by Crippen LogP contribution is 2.08. The SMILES string of the molecule is COCC(=O)CC(=O)c1cncs1. The van der Waals surface area contributed by atoms with Gasteiger partial charge >= 0.3 is 0 Å². The average Bonchev–Trinajstić information content (AvgIpc) is 2.55. The Labute approximate surface area is 79.6 Å². The molecule has 1 rings (SSSR count). The quantitative estimate of drug-likeness (QED) is 0.523. The molecule has 1 aromatic rings. The number of rotatable bonds is 5. The van der Waals surface area contributed by atoms with Crippen LogP contribution in [-0.4, -0.2) is 30.3 Å². The van der Waals surface area contributed by atoms with E-state index in [2.05, 4.69) is 9.72 Å². The summed E-state index contributed by atoms with van der Waals surface area (Å²) in [6, 6.07) is 0. The maximum Gasteiger partial charge on any atom is 0.181 e. The van der Waals surface area contributed by atoms with Gasteiger partial charge in [-0.1, -0.05) is 0 Å². The maximum atomic E-state index is 11.3. The molecule has 0 radical (unpaired) electrons. The normalized spacial score (nSPS) is 9.92. The van der Waals surface area contributed by atoms with Crippen LogP contribution in [-0.2, 0) is 9.53 Å². The number of Topliss-reactive ketones (excluding diaryl/α,β-unsaturated/α-hetero) is 2. The van der Waals surface area contributed by atoms with Crippen molar-refractivity contribution in [2.75, 3.05) is 13.7 Å². The lowest BCUT2D eigenvalue weighted by Gasteiger charge is -1.96. The zero-order valence-corrected chi connectivity index (χ0v) is 7.97. The first-order valence-electron chi connectivity index (χ1n) is 3.66. The smallest absolute Gasteiger partial charge is 0.181 e. The van der Waals surface area contributed by atoms with E-state index in [-0.39, 0.29) is 24.6 Å². The van der Waals surface area contributed by atoms with Crippen LogP contribution in [0.3, 0.4) is 0 Å². The number of ketones is 2. The fourth-order valence-electron chi connectivity index (χ4n) is 0.832. The van der Waals surface area contributed by atoms with Crippen LogP contribution < -0.4 is 0 Å². The average molecular weight is 199 g/mol. The van der Waals surface area contributed by atoms with Crippen LogP contribution in [0.25, 0.3) is 0 Å². The Kier molecular flexibility index (Phi) is 3.72.